The van der Waals surface area contributed by atoms with E-state index in [1.807, 2.05) is 27.7 Å². The highest BCUT2D eigenvalue weighted by molar-refractivity contribution is 7.88. The van der Waals surface area contributed by atoms with Crippen LogP contribution in [0, 0.1) is 27.7 Å². The molecular formula is C56H48O12S4. The molecular weight excluding hydrogens is 993 g/mol. The Balaban J connectivity index is 1.29. The summed E-state index contributed by atoms with van der Waals surface area (Å²) in [6.45, 7) is 7.28. The van der Waals surface area contributed by atoms with E-state index in [1.54, 1.807) is 121 Å². The summed E-state index contributed by atoms with van der Waals surface area (Å²) in [5.41, 5.74) is 5.77. The van der Waals surface area contributed by atoms with E-state index in [1.165, 1.54) is 48.5 Å². The number of aryl methyl sites for hydroxylation is 4. The maximum absolute atomic E-state index is 14.3. The van der Waals surface area contributed by atoms with Crippen molar-refractivity contribution in [2.75, 3.05) is 0 Å². The lowest BCUT2D eigenvalue weighted by atomic mass is 9.91. The van der Waals surface area contributed by atoms with E-state index >= 15 is 0 Å². The first-order valence-electron chi connectivity index (χ1n) is 22.7. The van der Waals surface area contributed by atoms with Crippen LogP contribution in [0.5, 0.6) is 23.0 Å². The summed E-state index contributed by atoms with van der Waals surface area (Å²) in [6, 6.07) is 44.6. The van der Waals surface area contributed by atoms with Gasteiger partial charge in [-0.05, 0) is 76.2 Å². The van der Waals surface area contributed by atoms with E-state index < -0.39 is 40.5 Å². The normalized spacial score (nSPS) is 12.9. The molecule has 12 nitrogen and oxygen atoms in total. The molecule has 16 heteroatoms. The van der Waals surface area contributed by atoms with Crippen molar-refractivity contribution >= 4 is 40.5 Å². The fourth-order valence-electron chi connectivity index (χ4n) is 8.37. The van der Waals surface area contributed by atoms with Gasteiger partial charge in [0.15, 0.2) is 0 Å². The molecule has 0 spiro atoms. The van der Waals surface area contributed by atoms with Gasteiger partial charge in [0.05, 0.1) is 0 Å². The summed E-state index contributed by atoms with van der Waals surface area (Å²) in [7, 11) is -18.1. The van der Waals surface area contributed by atoms with Crippen LogP contribution >= 0.6 is 0 Å². The third-order valence-electron chi connectivity index (χ3n) is 12.2. The first-order valence-corrected chi connectivity index (χ1v) is 28.4. The number of fused-ring (bicyclic) bond motifs is 8. The van der Waals surface area contributed by atoms with E-state index in [0.29, 0.717) is 44.5 Å². The number of para-hydroxylation sites is 4. The van der Waals surface area contributed by atoms with Crippen LogP contribution in [0.3, 0.4) is 0 Å². The fourth-order valence-corrected chi connectivity index (χ4v) is 12.4. The molecule has 0 N–H and O–H groups in total. The molecule has 0 fully saturated rings. The van der Waals surface area contributed by atoms with Gasteiger partial charge in [-0.25, -0.2) is 0 Å². The van der Waals surface area contributed by atoms with Gasteiger partial charge in [0.2, 0.25) is 0 Å². The lowest BCUT2D eigenvalue weighted by Gasteiger charge is -2.22. The van der Waals surface area contributed by atoms with Gasteiger partial charge in [-0.1, -0.05) is 144 Å². The summed E-state index contributed by atoms with van der Waals surface area (Å²) in [6.07, 6.45) is -0.573. The molecule has 368 valence electrons. The molecule has 0 atom stereocenters. The number of hydrogen-bond donors (Lipinski definition) is 0. The second-order valence-corrected chi connectivity index (χ2v) is 23.9. The molecule has 0 aliphatic heterocycles. The molecule has 0 saturated carbocycles. The zero-order chi connectivity index (χ0) is 51.0. The average Bonchev–Trinajstić information content (AvgIpc) is 3.33. The average molecular weight is 1040 g/mol. The Hall–Kier alpha value is -7.24. The predicted molar refractivity (Wildman–Crippen MR) is 273 cm³/mol. The highest BCUT2D eigenvalue weighted by Gasteiger charge is 2.30. The topological polar surface area (TPSA) is 173 Å². The quantitative estimate of drug-likeness (QED) is 0.106. The van der Waals surface area contributed by atoms with Crippen molar-refractivity contribution in [2.24, 2.45) is 0 Å². The molecule has 0 radical (unpaired) electrons. The SMILES string of the molecule is Cc1ccc(S(=O)(=O)Oc2c3cccc2Cc2cccc(c2OS(=O)(=O)c2ccc(C)cc2)Cc2cccc(c2OS(=O)(=O)c2ccc(C)cc2)Cc2cccc(c2OS(=O)(=O)c2ccc(C)cc2)C3)cc1. The van der Waals surface area contributed by atoms with Crippen molar-refractivity contribution in [3.63, 3.8) is 0 Å². The molecule has 1 aliphatic rings. The van der Waals surface area contributed by atoms with Crippen molar-refractivity contribution in [2.45, 2.75) is 73.0 Å². The number of rotatable bonds is 12. The van der Waals surface area contributed by atoms with Crippen LogP contribution in [0.25, 0.3) is 0 Å². The standard InChI is InChI=1S/C56H48O12S4/c1-37-17-25-49(26-18-37)69(57,58)65-53-41-9-5-10-42(53)34-44-12-7-14-46(55(44)67-71(61,62)51-29-21-39(3)22-30-51)36-48-16-8-15-47(56(48)68-72(63,64)52-31-23-40(4)24-32-52)35-45-13-6-11-43(33-41)54(45)66-70(59,60)50-27-19-38(2)20-28-50/h5-32H,33-36H2,1-4H3. The van der Waals surface area contributed by atoms with Gasteiger partial charge in [0, 0.05) is 70.2 Å². The largest absolute Gasteiger partial charge is 0.378 e. The summed E-state index contributed by atoms with van der Waals surface area (Å²) in [4.78, 5) is -0.482. The zero-order valence-corrected chi connectivity index (χ0v) is 42.8. The maximum Gasteiger partial charge on any atom is 0.339 e. The van der Waals surface area contributed by atoms with Crippen molar-refractivity contribution in [1.82, 2.24) is 0 Å². The third kappa shape index (κ3) is 10.8. The van der Waals surface area contributed by atoms with Crippen LogP contribution in [-0.4, -0.2) is 33.7 Å². The van der Waals surface area contributed by atoms with Gasteiger partial charge < -0.3 is 16.7 Å². The molecule has 0 aromatic heterocycles. The molecule has 0 saturated heterocycles. The summed E-state index contributed by atoms with van der Waals surface area (Å²) in [5.74, 6) is -0.323. The van der Waals surface area contributed by atoms with Gasteiger partial charge in [-0.15, -0.1) is 0 Å². The minimum atomic E-state index is -4.53. The van der Waals surface area contributed by atoms with Crippen LogP contribution < -0.4 is 16.7 Å². The van der Waals surface area contributed by atoms with Crippen molar-refractivity contribution in [3.05, 3.63) is 237 Å². The molecule has 8 bridgehead atoms. The molecule has 0 amide bonds. The van der Waals surface area contributed by atoms with E-state index in [0.717, 1.165) is 22.3 Å². The monoisotopic (exact) mass is 1040 g/mol. The van der Waals surface area contributed by atoms with Crippen molar-refractivity contribution in [1.29, 1.82) is 0 Å². The molecule has 0 unspecified atom stereocenters. The minimum Gasteiger partial charge on any atom is -0.378 e. The van der Waals surface area contributed by atoms with Crippen molar-refractivity contribution in [3.8, 4) is 23.0 Å². The minimum absolute atomic E-state index is 0.0807. The highest BCUT2D eigenvalue weighted by atomic mass is 32.2. The first kappa shape index (κ1) is 49.7. The summed E-state index contributed by atoms with van der Waals surface area (Å²) < 4.78 is 139. The Bertz CT molecular complexity index is 3230. The van der Waals surface area contributed by atoms with Crippen LogP contribution in [-0.2, 0) is 66.2 Å². The second-order valence-electron chi connectivity index (χ2n) is 17.7. The van der Waals surface area contributed by atoms with Crippen LogP contribution in [0.1, 0.15) is 66.8 Å². The molecule has 72 heavy (non-hydrogen) atoms. The maximum atomic E-state index is 14.3. The van der Waals surface area contributed by atoms with Gasteiger partial charge in [0.25, 0.3) is 0 Å². The number of hydrogen-bond acceptors (Lipinski definition) is 12. The predicted octanol–water partition coefficient (Wildman–Crippen LogP) is 10.7. The lowest BCUT2D eigenvalue weighted by Crippen LogP contribution is -2.16. The fraction of sp³-hybridized carbons (Fsp3) is 0.143. The van der Waals surface area contributed by atoms with E-state index in [2.05, 4.69) is 0 Å². The van der Waals surface area contributed by atoms with E-state index in [-0.39, 0.29) is 68.3 Å². The Morgan fingerprint density at radius 2 is 0.403 bits per heavy atom. The van der Waals surface area contributed by atoms with Gasteiger partial charge >= 0.3 is 40.5 Å². The van der Waals surface area contributed by atoms with Crippen LogP contribution in [0.15, 0.2) is 189 Å². The Kier molecular flexibility index (Phi) is 13.6. The lowest BCUT2D eigenvalue weighted by molar-refractivity contribution is 0.478. The van der Waals surface area contributed by atoms with Gasteiger partial charge in [-0.3, -0.25) is 0 Å². The van der Waals surface area contributed by atoms with Crippen LogP contribution in [0.4, 0.5) is 0 Å². The molecule has 8 aromatic carbocycles. The molecule has 8 aromatic rings. The van der Waals surface area contributed by atoms with Gasteiger partial charge in [0.1, 0.15) is 42.6 Å². The summed E-state index contributed by atoms with van der Waals surface area (Å²) in [5, 5.41) is 0. The Labute approximate surface area is 421 Å². The zero-order valence-electron chi connectivity index (χ0n) is 39.5. The molecule has 9 rings (SSSR count). The highest BCUT2D eigenvalue weighted by Crippen LogP contribution is 2.41. The Morgan fingerprint density at radius 1 is 0.250 bits per heavy atom. The van der Waals surface area contributed by atoms with E-state index in [9.17, 15) is 33.7 Å². The third-order valence-corrected chi connectivity index (χ3v) is 17.2. The summed E-state index contributed by atoms with van der Waals surface area (Å²) >= 11 is 0. The molecule has 1 aliphatic carbocycles. The first-order chi connectivity index (χ1) is 34.2. The number of benzene rings is 8. The van der Waals surface area contributed by atoms with Crippen molar-refractivity contribution < 1.29 is 50.4 Å². The Morgan fingerprint density at radius 3 is 0.556 bits per heavy atom. The van der Waals surface area contributed by atoms with E-state index in [4.69, 9.17) is 16.7 Å². The second kappa shape index (κ2) is 19.8. The van der Waals surface area contributed by atoms with Crippen LogP contribution in [0.2, 0.25) is 0 Å². The van der Waals surface area contributed by atoms with Gasteiger partial charge in [-0.2, -0.15) is 33.7 Å². The smallest absolute Gasteiger partial charge is 0.339 e. The molecule has 0 heterocycles.